The van der Waals surface area contributed by atoms with Gasteiger partial charge < -0.3 is 10.1 Å². The fourth-order valence-corrected chi connectivity index (χ4v) is 3.63. The molecule has 0 saturated heterocycles. The molecule has 1 N–H and O–H groups in total. The Morgan fingerprint density at radius 3 is 2.75 bits per heavy atom. The van der Waals surface area contributed by atoms with Crippen molar-refractivity contribution in [2.24, 2.45) is 0 Å². The standard InChI is InChI=1S/C21H18N8O2S/c1-12-8-14(26-20-19-16(23-11-24-20)10-22-21(27-19)32(3)30)4-5-17(12)31-15-6-7-29-18(9-15)25-13(2)28-29/h4-11H,1-3H3,(H,23,24,26). The number of hydrogen-bond donors (Lipinski definition) is 1. The van der Waals surface area contributed by atoms with Gasteiger partial charge in [-0.25, -0.2) is 29.4 Å². The molecule has 32 heavy (non-hydrogen) atoms. The number of fused-ring (bicyclic) bond motifs is 2. The van der Waals surface area contributed by atoms with Gasteiger partial charge in [0.25, 0.3) is 0 Å². The predicted octanol–water partition coefficient (Wildman–Crippen LogP) is 3.35. The number of benzene rings is 1. The highest BCUT2D eigenvalue weighted by atomic mass is 32.2. The average molecular weight is 446 g/mol. The number of nitrogens with one attached hydrogen (secondary N) is 1. The van der Waals surface area contributed by atoms with Crippen molar-refractivity contribution >= 4 is 39.0 Å². The van der Waals surface area contributed by atoms with Gasteiger partial charge in [0, 0.05) is 24.2 Å². The van der Waals surface area contributed by atoms with E-state index in [1.165, 1.54) is 12.6 Å². The topological polar surface area (TPSA) is 120 Å². The van der Waals surface area contributed by atoms with Crippen LogP contribution in [0.2, 0.25) is 0 Å². The largest absolute Gasteiger partial charge is 0.457 e. The Kier molecular flexibility index (Phi) is 4.94. The lowest BCUT2D eigenvalue weighted by atomic mass is 10.2. The third-order valence-electron chi connectivity index (χ3n) is 4.69. The minimum atomic E-state index is -1.31. The Balaban J connectivity index is 1.42. The number of aryl methyl sites for hydroxylation is 2. The SMILES string of the molecule is Cc1nc2cc(Oc3ccc(Nc4ncnc5cnc(S(C)=O)nc45)cc3C)ccn2n1. The van der Waals surface area contributed by atoms with E-state index in [2.05, 4.69) is 35.3 Å². The number of rotatable bonds is 5. The van der Waals surface area contributed by atoms with E-state index in [4.69, 9.17) is 4.74 Å². The predicted molar refractivity (Wildman–Crippen MR) is 120 cm³/mol. The second kappa shape index (κ2) is 7.93. The van der Waals surface area contributed by atoms with Crippen molar-refractivity contribution in [2.45, 2.75) is 19.0 Å². The summed E-state index contributed by atoms with van der Waals surface area (Å²) >= 11 is 0. The normalized spacial score (nSPS) is 12.2. The molecule has 0 amide bonds. The molecule has 5 rings (SSSR count). The molecule has 1 atom stereocenters. The molecule has 10 nitrogen and oxygen atoms in total. The molecule has 0 bridgehead atoms. The molecule has 4 aromatic heterocycles. The van der Waals surface area contributed by atoms with E-state index in [1.807, 2.05) is 50.4 Å². The highest BCUT2D eigenvalue weighted by Gasteiger charge is 2.11. The Morgan fingerprint density at radius 1 is 1.06 bits per heavy atom. The molecule has 0 aliphatic rings. The van der Waals surface area contributed by atoms with Gasteiger partial charge in [-0.3, -0.25) is 4.21 Å². The molecule has 0 fully saturated rings. The summed E-state index contributed by atoms with van der Waals surface area (Å²) in [6.07, 6.45) is 6.32. The summed E-state index contributed by atoms with van der Waals surface area (Å²) < 4.78 is 19.5. The maximum Gasteiger partial charge on any atom is 0.218 e. The van der Waals surface area contributed by atoms with E-state index in [0.29, 0.717) is 28.4 Å². The first-order valence-corrected chi connectivity index (χ1v) is 11.2. The zero-order valence-corrected chi connectivity index (χ0v) is 18.3. The van der Waals surface area contributed by atoms with Crippen LogP contribution in [-0.2, 0) is 10.8 Å². The van der Waals surface area contributed by atoms with Gasteiger partial charge >= 0.3 is 0 Å². The van der Waals surface area contributed by atoms with Crippen LogP contribution in [0.4, 0.5) is 11.5 Å². The Hall–Kier alpha value is -3.99. The maximum atomic E-state index is 11.8. The lowest BCUT2D eigenvalue weighted by molar-refractivity contribution is 0.478. The van der Waals surface area contributed by atoms with Gasteiger partial charge in [0.2, 0.25) is 5.16 Å². The molecule has 1 unspecified atom stereocenters. The van der Waals surface area contributed by atoms with Crippen LogP contribution in [0.3, 0.4) is 0 Å². The second-order valence-electron chi connectivity index (χ2n) is 7.09. The van der Waals surface area contributed by atoms with Crippen LogP contribution < -0.4 is 10.1 Å². The van der Waals surface area contributed by atoms with E-state index in [9.17, 15) is 4.21 Å². The van der Waals surface area contributed by atoms with Crippen LogP contribution in [0.5, 0.6) is 11.5 Å². The monoisotopic (exact) mass is 446 g/mol. The zero-order chi connectivity index (χ0) is 22.2. The summed E-state index contributed by atoms with van der Waals surface area (Å²) in [5, 5.41) is 7.76. The lowest BCUT2D eigenvalue weighted by Crippen LogP contribution is -2.02. The maximum absolute atomic E-state index is 11.8. The van der Waals surface area contributed by atoms with Crippen molar-refractivity contribution in [3.8, 4) is 11.5 Å². The number of anilines is 2. The third-order valence-corrected chi connectivity index (χ3v) is 5.40. The van der Waals surface area contributed by atoms with Crippen LogP contribution >= 0.6 is 0 Å². The molecular formula is C21H18N8O2S. The Labute approximate surface area is 185 Å². The summed E-state index contributed by atoms with van der Waals surface area (Å²) in [5.41, 5.74) is 3.52. The van der Waals surface area contributed by atoms with Crippen molar-refractivity contribution in [2.75, 3.05) is 11.6 Å². The molecule has 0 aliphatic carbocycles. The van der Waals surface area contributed by atoms with Gasteiger partial charge in [0.15, 0.2) is 11.5 Å². The van der Waals surface area contributed by atoms with E-state index in [-0.39, 0.29) is 5.16 Å². The molecule has 0 radical (unpaired) electrons. The van der Waals surface area contributed by atoms with E-state index < -0.39 is 10.8 Å². The van der Waals surface area contributed by atoms with Gasteiger partial charge in [0.05, 0.1) is 17.0 Å². The summed E-state index contributed by atoms with van der Waals surface area (Å²) in [4.78, 5) is 21.3. The first-order chi connectivity index (χ1) is 15.5. The first kappa shape index (κ1) is 19.9. The van der Waals surface area contributed by atoms with E-state index >= 15 is 0 Å². The van der Waals surface area contributed by atoms with Crippen LogP contribution in [-0.4, -0.2) is 45.0 Å². The lowest BCUT2D eigenvalue weighted by Gasteiger charge is -2.12. The quantitative estimate of drug-likeness (QED) is 0.405. The summed E-state index contributed by atoms with van der Waals surface area (Å²) in [5.74, 6) is 2.60. The van der Waals surface area contributed by atoms with Crippen molar-refractivity contribution in [3.05, 3.63) is 60.4 Å². The highest BCUT2D eigenvalue weighted by Crippen LogP contribution is 2.29. The molecule has 11 heteroatoms. The number of hydrogen-bond acceptors (Lipinski definition) is 9. The molecule has 4 heterocycles. The molecule has 1 aromatic carbocycles. The fraction of sp³-hybridized carbons (Fsp3) is 0.143. The third kappa shape index (κ3) is 3.85. The van der Waals surface area contributed by atoms with Crippen LogP contribution in [0, 0.1) is 13.8 Å². The average Bonchev–Trinajstić information content (AvgIpc) is 3.15. The highest BCUT2D eigenvalue weighted by molar-refractivity contribution is 7.84. The Morgan fingerprint density at radius 2 is 1.94 bits per heavy atom. The smallest absolute Gasteiger partial charge is 0.218 e. The molecule has 0 saturated carbocycles. The van der Waals surface area contributed by atoms with Crippen LogP contribution in [0.15, 0.2) is 54.2 Å². The van der Waals surface area contributed by atoms with E-state index in [0.717, 1.165) is 22.6 Å². The fourth-order valence-electron chi connectivity index (χ4n) is 3.21. The van der Waals surface area contributed by atoms with E-state index in [1.54, 1.807) is 10.7 Å². The summed E-state index contributed by atoms with van der Waals surface area (Å²) in [7, 11) is -1.31. The first-order valence-electron chi connectivity index (χ1n) is 9.66. The number of nitrogens with zero attached hydrogens (tertiary/aromatic N) is 7. The van der Waals surface area contributed by atoms with Gasteiger partial charge in [-0.15, -0.1) is 0 Å². The molecule has 5 aromatic rings. The van der Waals surface area contributed by atoms with Crippen molar-refractivity contribution in [1.29, 1.82) is 0 Å². The van der Waals surface area contributed by atoms with Gasteiger partial charge in [0.1, 0.15) is 34.7 Å². The van der Waals surface area contributed by atoms with Crippen molar-refractivity contribution < 1.29 is 8.95 Å². The van der Waals surface area contributed by atoms with Gasteiger partial charge in [-0.2, -0.15) is 5.10 Å². The van der Waals surface area contributed by atoms with Crippen molar-refractivity contribution in [1.82, 2.24) is 34.5 Å². The van der Waals surface area contributed by atoms with Crippen molar-refractivity contribution in [3.63, 3.8) is 0 Å². The minimum absolute atomic E-state index is 0.232. The molecular weight excluding hydrogens is 428 g/mol. The van der Waals surface area contributed by atoms with Gasteiger partial charge in [-0.05, 0) is 43.7 Å². The summed E-state index contributed by atoms with van der Waals surface area (Å²) in [6.45, 7) is 3.80. The molecule has 0 aliphatic heterocycles. The Bertz CT molecular complexity index is 1500. The number of ether oxygens (including phenoxy) is 1. The van der Waals surface area contributed by atoms with Gasteiger partial charge in [-0.1, -0.05) is 0 Å². The van der Waals surface area contributed by atoms with Crippen LogP contribution in [0.1, 0.15) is 11.4 Å². The van der Waals surface area contributed by atoms with Crippen LogP contribution in [0.25, 0.3) is 16.7 Å². The molecule has 0 spiro atoms. The number of aromatic nitrogens is 7. The summed E-state index contributed by atoms with van der Waals surface area (Å²) in [6, 6.07) is 9.39. The second-order valence-corrected chi connectivity index (χ2v) is 8.37. The minimum Gasteiger partial charge on any atom is -0.457 e. The zero-order valence-electron chi connectivity index (χ0n) is 17.5. The molecule has 160 valence electrons. The number of pyridine rings is 1.